The van der Waals surface area contributed by atoms with E-state index in [4.69, 9.17) is 9.94 Å². The van der Waals surface area contributed by atoms with Crippen LogP contribution in [0, 0.1) is 0 Å². The van der Waals surface area contributed by atoms with E-state index in [0.717, 1.165) is 12.8 Å². The fourth-order valence-electron chi connectivity index (χ4n) is 1.81. The number of carbonyl (C=O) groups is 1. The van der Waals surface area contributed by atoms with Crippen molar-refractivity contribution in [1.82, 2.24) is 10.4 Å². The van der Waals surface area contributed by atoms with Crippen molar-refractivity contribution in [2.24, 2.45) is 0 Å². The van der Waals surface area contributed by atoms with Crippen molar-refractivity contribution in [2.75, 3.05) is 13.1 Å². The average Bonchev–Trinajstić information content (AvgIpc) is 2.15. The van der Waals surface area contributed by atoms with Crippen LogP contribution in [0.25, 0.3) is 0 Å². The highest BCUT2D eigenvalue weighted by Crippen LogP contribution is 2.21. The van der Waals surface area contributed by atoms with Gasteiger partial charge in [-0.2, -0.15) is 5.48 Å². The van der Waals surface area contributed by atoms with Crippen LogP contribution in [0.1, 0.15) is 40.5 Å². The summed E-state index contributed by atoms with van der Waals surface area (Å²) in [6, 6.07) is 0. The molecule has 0 radical (unpaired) electrons. The minimum Gasteiger partial charge on any atom is -0.444 e. The van der Waals surface area contributed by atoms with E-state index in [0.29, 0.717) is 13.1 Å². The van der Waals surface area contributed by atoms with Gasteiger partial charge < -0.3 is 14.8 Å². The van der Waals surface area contributed by atoms with E-state index in [1.54, 1.807) is 4.90 Å². The number of likely N-dealkylation sites (tertiary alicyclic amines) is 1. The van der Waals surface area contributed by atoms with Crippen LogP contribution in [0.4, 0.5) is 4.79 Å². The van der Waals surface area contributed by atoms with E-state index in [1.807, 2.05) is 27.7 Å². The summed E-state index contributed by atoms with van der Waals surface area (Å²) >= 11 is 0. The second kappa shape index (κ2) is 4.59. The summed E-state index contributed by atoms with van der Waals surface area (Å²) in [4.78, 5) is 13.4. The molecule has 94 valence electrons. The number of hydrogen-bond donors (Lipinski definition) is 2. The van der Waals surface area contributed by atoms with Crippen LogP contribution in [-0.4, -0.2) is 40.4 Å². The normalized spacial score (nSPS) is 26.7. The molecular formula is C11H22N2O3. The highest BCUT2D eigenvalue weighted by Gasteiger charge is 2.34. The summed E-state index contributed by atoms with van der Waals surface area (Å²) in [6.45, 7) is 8.59. The molecule has 2 N–H and O–H groups in total. The van der Waals surface area contributed by atoms with Crippen molar-refractivity contribution in [3.63, 3.8) is 0 Å². The molecule has 1 unspecified atom stereocenters. The molecule has 5 heteroatoms. The van der Waals surface area contributed by atoms with Crippen LogP contribution in [0.15, 0.2) is 0 Å². The molecule has 1 fully saturated rings. The lowest BCUT2D eigenvalue weighted by atomic mass is 9.92. The standard InChI is InChI=1S/C11H22N2O3/c1-10(2,3)16-9(14)13-7-5-6-11(4,8-13)12-15/h12,15H,5-8H2,1-4H3. The van der Waals surface area contributed by atoms with Crippen molar-refractivity contribution in [2.45, 2.75) is 51.7 Å². The van der Waals surface area contributed by atoms with Gasteiger partial charge in [-0.3, -0.25) is 0 Å². The Bertz CT molecular complexity index is 262. The molecule has 1 heterocycles. The number of ether oxygens (including phenoxy) is 1. The van der Waals surface area contributed by atoms with Crippen LogP contribution < -0.4 is 5.48 Å². The minimum absolute atomic E-state index is 0.311. The molecule has 1 amide bonds. The van der Waals surface area contributed by atoms with Gasteiger partial charge in [-0.05, 0) is 40.5 Å². The summed E-state index contributed by atoms with van der Waals surface area (Å²) in [6.07, 6.45) is 1.40. The summed E-state index contributed by atoms with van der Waals surface area (Å²) in [5.41, 5.74) is 1.38. The molecule has 16 heavy (non-hydrogen) atoms. The average molecular weight is 230 g/mol. The Labute approximate surface area is 96.7 Å². The van der Waals surface area contributed by atoms with E-state index in [9.17, 15) is 4.79 Å². The molecule has 0 spiro atoms. The van der Waals surface area contributed by atoms with Crippen molar-refractivity contribution in [3.05, 3.63) is 0 Å². The van der Waals surface area contributed by atoms with Gasteiger partial charge in [0.15, 0.2) is 0 Å². The predicted molar refractivity (Wildman–Crippen MR) is 60.4 cm³/mol. The first-order chi connectivity index (χ1) is 7.26. The van der Waals surface area contributed by atoms with Crippen LogP contribution in [0.3, 0.4) is 0 Å². The molecule has 0 saturated carbocycles. The van der Waals surface area contributed by atoms with Crippen LogP contribution >= 0.6 is 0 Å². The van der Waals surface area contributed by atoms with E-state index in [-0.39, 0.29) is 6.09 Å². The Kier molecular flexibility index (Phi) is 3.80. The van der Waals surface area contributed by atoms with E-state index in [1.165, 1.54) is 0 Å². The third kappa shape index (κ3) is 3.64. The van der Waals surface area contributed by atoms with Gasteiger partial charge >= 0.3 is 6.09 Å². The maximum atomic E-state index is 11.8. The van der Waals surface area contributed by atoms with Crippen LogP contribution in [-0.2, 0) is 4.74 Å². The summed E-state index contributed by atoms with van der Waals surface area (Å²) in [7, 11) is 0. The molecule has 0 aromatic carbocycles. The lowest BCUT2D eigenvalue weighted by Gasteiger charge is -2.39. The third-order valence-electron chi connectivity index (χ3n) is 2.62. The zero-order valence-electron chi connectivity index (χ0n) is 10.5. The van der Waals surface area contributed by atoms with Gasteiger partial charge in [0.05, 0.1) is 5.54 Å². The number of piperidine rings is 1. The number of amides is 1. The largest absolute Gasteiger partial charge is 0.444 e. The van der Waals surface area contributed by atoms with Crippen LogP contribution in [0.2, 0.25) is 0 Å². The fraction of sp³-hybridized carbons (Fsp3) is 0.909. The van der Waals surface area contributed by atoms with Crippen molar-refractivity contribution in [3.8, 4) is 0 Å². The first-order valence-electron chi connectivity index (χ1n) is 5.65. The van der Waals surface area contributed by atoms with Gasteiger partial charge in [0.2, 0.25) is 0 Å². The smallest absolute Gasteiger partial charge is 0.410 e. The molecule has 1 rings (SSSR count). The Morgan fingerprint density at radius 2 is 2.12 bits per heavy atom. The summed E-state index contributed by atoms with van der Waals surface area (Å²) in [5.74, 6) is 0. The maximum absolute atomic E-state index is 11.8. The van der Waals surface area contributed by atoms with E-state index >= 15 is 0 Å². The number of hydrogen-bond acceptors (Lipinski definition) is 4. The first kappa shape index (κ1) is 13.3. The van der Waals surface area contributed by atoms with Gasteiger partial charge in [0.1, 0.15) is 5.60 Å². The van der Waals surface area contributed by atoms with Gasteiger partial charge in [0, 0.05) is 13.1 Å². The van der Waals surface area contributed by atoms with E-state index in [2.05, 4.69) is 5.48 Å². The molecule has 1 aliphatic rings. The Balaban J connectivity index is 2.57. The number of nitrogens with one attached hydrogen (secondary N) is 1. The molecule has 0 aliphatic carbocycles. The molecule has 5 nitrogen and oxygen atoms in total. The fourth-order valence-corrected chi connectivity index (χ4v) is 1.81. The molecule has 0 aromatic rings. The Hall–Kier alpha value is -0.810. The third-order valence-corrected chi connectivity index (χ3v) is 2.62. The second-order valence-corrected chi connectivity index (χ2v) is 5.68. The monoisotopic (exact) mass is 230 g/mol. The quantitative estimate of drug-likeness (QED) is 0.674. The molecule has 0 bridgehead atoms. The summed E-state index contributed by atoms with van der Waals surface area (Å²) < 4.78 is 5.29. The number of rotatable bonds is 1. The molecule has 1 atom stereocenters. The minimum atomic E-state index is -0.475. The molecule has 1 aliphatic heterocycles. The Morgan fingerprint density at radius 1 is 1.50 bits per heavy atom. The van der Waals surface area contributed by atoms with Crippen molar-refractivity contribution in [1.29, 1.82) is 0 Å². The first-order valence-corrected chi connectivity index (χ1v) is 5.65. The van der Waals surface area contributed by atoms with Gasteiger partial charge in [-0.1, -0.05) is 0 Å². The topological polar surface area (TPSA) is 61.8 Å². The SMILES string of the molecule is CC1(NO)CCCN(C(=O)OC(C)(C)C)C1. The van der Waals surface area contributed by atoms with Gasteiger partial charge in [0.25, 0.3) is 0 Å². The van der Waals surface area contributed by atoms with Crippen LogP contribution in [0.5, 0.6) is 0 Å². The van der Waals surface area contributed by atoms with Gasteiger partial charge in [-0.25, -0.2) is 4.79 Å². The zero-order valence-corrected chi connectivity index (χ0v) is 10.5. The number of carbonyl (C=O) groups excluding carboxylic acids is 1. The van der Waals surface area contributed by atoms with Crippen molar-refractivity contribution < 1.29 is 14.7 Å². The lowest BCUT2D eigenvalue weighted by Crippen LogP contribution is -2.56. The predicted octanol–water partition coefficient (Wildman–Crippen LogP) is 1.75. The van der Waals surface area contributed by atoms with E-state index < -0.39 is 11.1 Å². The molecule has 0 aromatic heterocycles. The summed E-state index contributed by atoms with van der Waals surface area (Å²) in [5, 5.41) is 9.05. The lowest BCUT2D eigenvalue weighted by molar-refractivity contribution is -0.00996. The second-order valence-electron chi connectivity index (χ2n) is 5.68. The number of nitrogens with zero attached hydrogens (tertiary/aromatic N) is 1. The highest BCUT2D eigenvalue weighted by atomic mass is 16.6. The molecule has 1 saturated heterocycles. The van der Waals surface area contributed by atoms with Gasteiger partial charge in [-0.15, -0.1) is 0 Å². The number of hydroxylamine groups is 1. The highest BCUT2D eigenvalue weighted by molar-refractivity contribution is 5.68. The zero-order chi connectivity index (χ0) is 12.4. The van der Waals surface area contributed by atoms with Crippen molar-refractivity contribution >= 4 is 6.09 Å². The Morgan fingerprint density at radius 3 is 2.62 bits per heavy atom. The maximum Gasteiger partial charge on any atom is 0.410 e. The molecular weight excluding hydrogens is 208 g/mol.